The van der Waals surface area contributed by atoms with Crippen molar-refractivity contribution in [1.29, 1.82) is 0 Å². The number of methoxy groups -OCH3 is 1. The first kappa shape index (κ1) is 20.3. The molecular formula is C24H25NO5. The molecule has 1 heterocycles. The summed E-state index contributed by atoms with van der Waals surface area (Å²) in [6, 6.07) is 18.7. The first-order chi connectivity index (χ1) is 14.4. The molecule has 6 nitrogen and oxygen atoms in total. The molecule has 4 rings (SSSR count). The second-order valence-corrected chi connectivity index (χ2v) is 7.55. The third-order valence-electron chi connectivity index (χ3n) is 5.75. The predicted molar refractivity (Wildman–Crippen MR) is 113 cm³/mol. The third-order valence-corrected chi connectivity index (χ3v) is 5.75. The summed E-state index contributed by atoms with van der Waals surface area (Å²) in [6.07, 6.45) is -2.88. The molecule has 3 aromatic rings. The Morgan fingerprint density at radius 1 is 0.933 bits per heavy atom. The highest BCUT2D eigenvalue weighted by molar-refractivity contribution is 5.86. The lowest BCUT2D eigenvalue weighted by Gasteiger charge is -2.30. The Balaban J connectivity index is 1.49. The average molecular weight is 407 g/mol. The minimum absolute atomic E-state index is 0.425. The van der Waals surface area contributed by atoms with Crippen LogP contribution in [0, 0.1) is 0 Å². The van der Waals surface area contributed by atoms with Gasteiger partial charge in [-0.25, -0.2) is 4.90 Å². The summed E-state index contributed by atoms with van der Waals surface area (Å²) >= 11 is 0. The lowest BCUT2D eigenvalue weighted by atomic mass is 9.98. The second kappa shape index (κ2) is 8.07. The van der Waals surface area contributed by atoms with Gasteiger partial charge in [0.15, 0.2) is 6.23 Å². The summed E-state index contributed by atoms with van der Waals surface area (Å²) in [5.41, 5.74) is 2.06. The van der Waals surface area contributed by atoms with E-state index < -0.39 is 30.6 Å². The van der Waals surface area contributed by atoms with E-state index in [0.717, 1.165) is 22.1 Å². The summed E-state index contributed by atoms with van der Waals surface area (Å²) < 4.78 is 10.9. The van der Waals surface area contributed by atoms with Crippen molar-refractivity contribution in [2.45, 2.75) is 38.4 Å². The lowest BCUT2D eigenvalue weighted by Crippen LogP contribution is -2.38. The molecule has 4 atom stereocenters. The van der Waals surface area contributed by atoms with Crippen LogP contribution in [0.5, 0.6) is 5.75 Å². The van der Waals surface area contributed by atoms with Crippen molar-refractivity contribution in [3.8, 4) is 5.75 Å². The van der Waals surface area contributed by atoms with E-state index >= 15 is 0 Å². The number of hydrogen-bond donors (Lipinski definition) is 2. The molecule has 0 bridgehead atoms. The molecule has 3 aromatic carbocycles. The summed E-state index contributed by atoms with van der Waals surface area (Å²) in [7, 11) is 1.63. The van der Waals surface area contributed by atoms with Gasteiger partial charge in [0.2, 0.25) is 0 Å². The van der Waals surface area contributed by atoms with Crippen LogP contribution >= 0.6 is 0 Å². The van der Waals surface area contributed by atoms with E-state index in [4.69, 9.17) is 9.47 Å². The zero-order chi connectivity index (χ0) is 21.4. The number of hydrogen-bond acceptors (Lipinski definition) is 6. The van der Waals surface area contributed by atoms with Gasteiger partial charge in [-0.05, 0) is 42.3 Å². The van der Waals surface area contributed by atoms with Crippen LogP contribution in [0.15, 0.2) is 60.7 Å². The summed E-state index contributed by atoms with van der Waals surface area (Å²) in [6.45, 7) is 3.43. The molecule has 2 N–H and O–H groups in total. The molecule has 0 amide bonds. The number of nitrogens with zero attached hydrogens (tertiary/aromatic N) is 1. The van der Waals surface area contributed by atoms with Crippen molar-refractivity contribution < 1.29 is 24.5 Å². The molecule has 0 saturated carbocycles. The maximum absolute atomic E-state index is 12.8. The van der Waals surface area contributed by atoms with E-state index in [1.54, 1.807) is 45.2 Å². The fourth-order valence-corrected chi connectivity index (χ4v) is 3.94. The molecule has 0 radical (unpaired) electrons. The van der Waals surface area contributed by atoms with E-state index in [-0.39, 0.29) is 0 Å². The van der Waals surface area contributed by atoms with Gasteiger partial charge in [-0.1, -0.05) is 48.5 Å². The topological polar surface area (TPSA) is 79.2 Å². The largest absolute Gasteiger partial charge is 0.497 e. The van der Waals surface area contributed by atoms with Crippen LogP contribution < -0.4 is 4.74 Å². The molecule has 156 valence electrons. The molecule has 4 unspecified atom stereocenters. The van der Waals surface area contributed by atoms with Gasteiger partial charge in [-0.2, -0.15) is 0 Å². The van der Waals surface area contributed by atoms with Crippen LogP contribution in [0.4, 0.5) is 0 Å². The Bertz CT molecular complexity index is 1050. The summed E-state index contributed by atoms with van der Waals surface area (Å²) in [5.74, 6) is -0.149. The highest BCUT2D eigenvalue weighted by Crippen LogP contribution is 2.40. The third kappa shape index (κ3) is 3.54. The van der Waals surface area contributed by atoms with Crippen molar-refractivity contribution in [3.05, 3.63) is 77.4 Å². The Morgan fingerprint density at radius 3 is 2.17 bits per heavy atom. The highest BCUT2D eigenvalue weighted by Gasteiger charge is 2.40. The minimum Gasteiger partial charge on any atom is -0.497 e. The van der Waals surface area contributed by atoms with Crippen molar-refractivity contribution in [2.75, 3.05) is 7.11 Å². The summed E-state index contributed by atoms with van der Waals surface area (Å²) in [5, 5.41) is 23.2. The van der Waals surface area contributed by atoms with Gasteiger partial charge in [0.25, 0.3) is 0 Å². The van der Waals surface area contributed by atoms with E-state index in [1.807, 2.05) is 36.4 Å². The van der Waals surface area contributed by atoms with Crippen LogP contribution in [-0.2, 0) is 9.53 Å². The Morgan fingerprint density at radius 2 is 1.53 bits per heavy atom. The number of benzene rings is 3. The Labute approximate surface area is 175 Å². The molecule has 30 heavy (non-hydrogen) atoms. The number of aliphatic hydroxyl groups excluding tert-OH is 2. The molecule has 1 aliphatic rings. The van der Waals surface area contributed by atoms with Crippen LogP contribution in [0.1, 0.15) is 48.9 Å². The Kier molecular flexibility index (Phi) is 5.47. The number of esters is 1. The zero-order valence-corrected chi connectivity index (χ0v) is 17.1. The molecule has 1 aliphatic heterocycles. The first-order valence-corrected chi connectivity index (χ1v) is 9.91. The number of rotatable bonds is 5. The molecular weight excluding hydrogens is 382 g/mol. The maximum Gasteiger partial charge on any atom is 0.314 e. The van der Waals surface area contributed by atoms with E-state index in [0.29, 0.717) is 11.1 Å². The van der Waals surface area contributed by atoms with Crippen molar-refractivity contribution in [1.82, 2.24) is 4.90 Å². The number of ether oxygens (including phenoxy) is 2. The summed E-state index contributed by atoms with van der Waals surface area (Å²) in [4.78, 5) is 14.2. The van der Waals surface area contributed by atoms with Crippen molar-refractivity contribution in [2.24, 2.45) is 0 Å². The van der Waals surface area contributed by atoms with Gasteiger partial charge in [-0.15, -0.1) is 0 Å². The predicted octanol–water partition coefficient (Wildman–Crippen LogP) is 3.84. The normalized spacial score (nSPS) is 20.6. The molecule has 0 aliphatic carbocycles. The zero-order valence-electron chi connectivity index (χ0n) is 17.1. The number of aliphatic hydroxyl groups is 2. The highest BCUT2D eigenvalue weighted by atomic mass is 16.6. The van der Waals surface area contributed by atoms with E-state index in [1.165, 1.54) is 4.90 Å². The molecule has 0 aromatic heterocycles. The number of carbonyl (C=O) groups excluding carboxylic acids is 1. The van der Waals surface area contributed by atoms with Crippen molar-refractivity contribution >= 4 is 16.7 Å². The molecule has 6 heteroatoms. The van der Waals surface area contributed by atoms with Crippen molar-refractivity contribution in [3.63, 3.8) is 0 Å². The van der Waals surface area contributed by atoms with Crippen LogP contribution in [-0.4, -0.2) is 34.4 Å². The maximum atomic E-state index is 12.8. The van der Waals surface area contributed by atoms with Gasteiger partial charge < -0.3 is 19.7 Å². The standard InChI is InChI=1S/C24H25NO5/c1-14(16-8-9-18-13-19(29-3)11-10-17(18)12-16)24(28)30-15(2)25-22(26)20-6-4-5-7-21(20)23(25)27/h4-15,22-23,26-27H,1-3H3. The second-order valence-electron chi connectivity index (χ2n) is 7.55. The van der Waals surface area contributed by atoms with Gasteiger partial charge in [-0.3, -0.25) is 4.79 Å². The Hall–Kier alpha value is -2.93. The molecule has 0 saturated heterocycles. The van der Waals surface area contributed by atoms with Crippen LogP contribution in [0.2, 0.25) is 0 Å². The number of carbonyl (C=O) groups is 1. The lowest BCUT2D eigenvalue weighted by molar-refractivity contribution is -0.193. The van der Waals surface area contributed by atoms with Gasteiger partial charge in [0, 0.05) is 11.1 Å². The quantitative estimate of drug-likeness (QED) is 0.626. The van der Waals surface area contributed by atoms with Crippen LogP contribution in [0.25, 0.3) is 10.8 Å². The monoisotopic (exact) mass is 407 g/mol. The van der Waals surface area contributed by atoms with Crippen LogP contribution in [0.3, 0.4) is 0 Å². The van der Waals surface area contributed by atoms with Gasteiger partial charge in [0.05, 0.1) is 13.0 Å². The smallest absolute Gasteiger partial charge is 0.314 e. The van der Waals surface area contributed by atoms with E-state index in [2.05, 4.69) is 0 Å². The average Bonchev–Trinajstić information content (AvgIpc) is 3.02. The van der Waals surface area contributed by atoms with Gasteiger partial charge in [0.1, 0.15) is 18.2 Å². The SMILES string of the molecule is COc1ccc2cc(C(C)C(=O)OC(C)N3C(O)c4ccccc4C3O)ccc2c1. The fraction of sp³-hybridized carbons (Fsp3) is 0.292. The number of fused-ring (bicyclic) bond motifs is 2. The molecule has 0 spiro atoms. The first-order valence-electron chi connectivity index (χ1n) is 9.91. The van der Waals surface area contributed by atoms with E-state index in [9.17, 15) is 15.0 Å². The molecule has 0 fully saturated rings. The van der Waals surface area contributed by atoms with Gasteiger partial charge >= 0.3 is 5.97 Å². The minimum atomic E-state index is -1.04. The fourth-order valence-electron chi connectivity index (χ4n) is 3.94.